The van der Waals surface area contributed by atoms with Crippen molar-refractivity contribution >= 4 is 22.6 Å². The summed E-state index contributed by atoms with van der Waals surface area (Å²) in [4.78, 5) is 10.4. The summed E-state index contributed by atoms with van der Waals surface area (Å²) < 4.78 is 4.65. The summed E-state index contributed by atoms with van der Waals surface area (Å²) >= 11 is 5.04. The maximum Gasteiger partial charge on any atom is 0.409 e. The highest BCUT2D eigenvalue weighted by atomic mass is 35.5. The molecule has 0 bridgehead atoms. The number of rotatable bonds is 2. The van der Waals surface area contributed by atoms with Crippen molar-refractivity contribution in [3.8, 4) is 5.75 Å². The molecule has 3 heteroatoms. The molecule has 0 aromatic heterocycles. The van der Waals surface area contributed by atoms with Gasteiger partial charge in [0.15, 0.2) is 0 Å². The van der Waals surface area contributed by atoms with E-state index >= 15 is 0 Å². The van der Waals surface area contributed by atoms with Crippen LogP contribution in [-0.2, 0) is 0 Å². The molecule has 0 aliphatic heterocycles. The summed E-state index contributed by atoms with van der Waals surface area (Å²) in [5.41, 5.74) is 1.14. The van der Waals surface area contributed by atoms with Crippen LogP contribution in [0.15, 0.2) is 30.8 Å². The molecule has 0 saturated heterocycles. The van der Waals surface area contributed by atoms with Crippen LogP contribution in [0.2, 0.25) is 0 Å². The fraction of sp³-hybridized carbons (Fsp3) is 0.100. The van der Waals surface area contributed by atoms with Gasteiger partial charge in [-0.05, 0) is 24.6 Å². The van der Waals surface area contributed by atoms with Gasteiger partial charge in [-0.1, -0.05) is 24.3 Å². The topological polar surface area (TPSA) is 26.3 Å². The minimum absolute atomic E-state index is 0.435. The Hall–Kier alpha value is -1.28. The summed E-state index contributed by atoms with van der Waals surface area (Å²) in [6, 6.07) is 6.98. The van der Waals surface area contributed by atoms with Gasteiger partial charge in [-0.25, -0.2) is 4.79 Å². The molecule has 0 spiro atoms. The third-order valence-corrected chi connectivity index (χ3v) is 1.62. The maximum absolute atomic E-state index is 10.4. The number of halogens is 1. The van der Waals surface area contributed by atoms with Crippen molar-refractivity contribution in [1.29, 1.82) is 0 Å². The smallest absolute Gasteiger partial charge is 0.409 e. The highest BCUT2D eigenvalue weighted by Crippen LogP contribution is 2.17. The van der Waals surface area contributed by atoms with E-state index in [0.29, 0.717) is 5.75 Å². The third kappa shape index (κ3) is 2.92. The summed E-state index contributed by atoms with van der Waals surface area (Å²) in [5.74, 6) is 0.435. The van der Waals surface area contributed by atoms with Gasteiger partial charge in [0.05, 0.1) is 0 Å². The van der Waals surface area contributed by atoms with Crippen LogP contribution in [0.25, 0.3) is 5.57 Å². The Morgan fingerprint density at radius 2 is 1.92 bits per heavy atom. The lowest BCUT2D eigenvalue weighted by atomic mass is 10.1. The largest absolute Gasteiger partial charge is 0.415 e. The number of hydrogen-bond acceptors (Lipinski definition) is 2. The number of allylic oxidation sites excluding steroid dienone is 1. The molecule has 0 fully saturated rings. The Bertz CT molecular complexity index is 327. The summed E-state index contributed by atoms with van der Waals surface area (Å²) in [7, 11) is 0. The van der Waals surface area contributed by atoms with E-state index < -0.39 is 5.43 Å². The number of hydrogen-bond donors (Lipinski definition) is 0. The maximum atomic E-state index is 10.4. The van der Waals surface area contributed by atoms with E-state index in [9.17, 15) is 4.79 Å². The average molecular weight is 197 g/mol. The van der Waals surface area contributed by atoms with Crippen molar-refractivity contribution in [3.63, 3.8) is 0 Å². The molecule has 0 aliphatic carbocycles. The first-order chi connectivity index (χ1) is 6.09. The van der Waals surface area contributed by atoms with Crippen LogP contribution >= 0.6 is 11.6 Å². The normalized spacial score (nSPS) is 9.38. The van der Waals surface area contributed by atoms with Crippen molar-refractivity contribution in [3.05, 3.63) is 36.4 Å². The summed E-state index contributed by atoms with van der Waals surface area (Å²) in [6.45, 7) is 5.69. The van der Waals surface area contributed by atoms with Crippen LogP contribution in [0.4, 0.5) is 4.79 Å². The second-order valence-corrected chi connectivity index (χ2v) is 2.95. The van der Waals surface area contributed by atoms with Crippen molar-refractivity contribution in [1.82, 2.24) is 0 Å². The fourth-order valence-corrected chi connectivity index (χ4v) is 0.989. The minimum Gasteiger partial charge on any atom is -0.415 e. The van der Waals surface area contributed by atoms with Crippen LogP contribution in [0, 0.1) is 0 Å². The lowest BCUT2D eigenvalue weighted by Gasteiger charge is -2.01. The lowest BCUT2D eigenvalue weighted by Crippen LogP contribution is -1.95. The highest BCUT2D eigenvalue weighted by molar-refractivity contribution is 6.61. The molecule has 0 atom stereocenters. The summed E-state index contributed by atoms with van der Waals surface area (Å²) in [5, 5.41) is 0. The first-order valence-electron chi connectivity index (χ1n) is 3.73. The van der Waals surface area contributed by atoms with Gasteiger partial charge < -0.3 is 4.74 Å². The van der Waals surface area contributed by atoms with Gasteiger partial charge in [-0.3, -0.25) is 0 Å². The SMILES string of the molecule is C=C(C)c1ccc(OC(=O)Cl)cc1. The van der Waals surface area contributed by atoms with E-state index in [1.807, 2.05) is 19.1 Å². The Labute approximate surface area is 81.8 Å². The van der Waals surface area contributed by atoms with Crippen LogP contribution in [-0.4, -0.2) is 5.43 Å². The van der Waals surface area contributed by atoms with E-state index in [4.69, 9.17) is 11.6 Å². The molecule has 1 aromatic rings. The number of ether oxygens (including phenoxy) is 1. The van der Waals surface area contributed by atoms with E-state index in [1.165, 1.54) is 0 Å². The molecule has 2 nitrogen and oxygen atoms in total. The van der Waals surface area contributed by atoms with Crippen molar-refractivity contribution < 1.29 is 9.53 Å². The third-order valence-electron chi connectivity index (χ3n) is 1.55. The van der Waals surface area contributed by atoms with Crippen LogP contribution in [0.1, 0.15) is 12.5 Å². The van der Waals surface area contributed by atoms with Gasteiger partial charge in [-0.15, -0.1) is 0 Å². The predicted molar refractivity (Wildman–Crippen MR) is 53.0 cm³/mol. The highest BCUT2D eigenvalue weighted by Gasteiger charge is 1.99. The van der Waals surface area contributed by atoms with Gasteiger partial charge in [0.2, 0.25) is 0 Å². The molecular weight excluding hydrogens is 188 g/mol. The van der Waals surface area contributed by atoms with Gasteiger partial charge in [0.25, 0.3) is 0 Å². The minimum atomic E-state index is -0.830. The van der Waals surface area contributed by atoms with E-state index in [2.05, 4.69) is 11.3 Å². The molecule has 0 unspecified atom stereocenters. The quantitative estimate of drug-likeness (QED) is 0.678. The van der Waals surface area contributed by atoms with E-state index in [-0.39, 0.29) is 0 Å². The van der Waals surface area contributed by atoms with Crippen LogP contribution in [0.5, 0.6) is 5.75 Å². The fourth-order valence-electron chi connectivity index (χ4n) is 0.900. The number of carbonyl (C=O) groups is 1. The number of benzene rings is 1. The zero-order chi connectivity index (χ0) is 9.84. The van der Waals surface area contributed by atoms with Crippen molar-refractivity contribution in [2.45, 2.75) is 6.92 Å². The molecule has 0 saturated carbocycles. The van der Waals surface area contributed by atoms with Crippen molar-refractivity contribution in [2.24, 2.45) is 0 Å². The number of carbonyl (C=O) groups excluding carboxylic acids is 1. The molecule has 68 valence electrons. The first-order valence-corrected chi connectivity index (χ1v) is 4.10. The molecule has 0 amide bonds. The van der Waals surface area contributed by atoms with E-state index in [1.54, 1.807) is 12.1 Å². The molecule has 0 heterocycles. The van der Waals surface area contributed by atoms with Gasteiger partial charge in [0, 0.05) is 11.6 Å². The van der Waals surface area contributed by atoms with Gasteiger partial charge >= 0.3 is 5.43 Å². The molecule has 13 heavy (non-hydrogen) atoms. The second kappa shape index (κ2) is 4.10. The summed E-state index contributed by atoms with van der Waals surface area (Å²) in [6.07, 6.45) is 0. The molecule has 0 aliphatic rings. The van der Waals surface area contributed by atoms with Crippen LogP contribution in [0.3, 0.4) is 0 Å². The van der Waals surface area contributed by atoms with Crippen LogP contribution < -0.4 is 4.74 Å². The monoisotopic (exact) mass is 196 g/mol. The second-order valence-electron chi connectivity index (χ2n) is 2.64. The molecule has 1 rings (SSSR count). The van der Waals surface area contributed by atoms with Gasteiger partial charge in [0.1, 0.15) is 5.75 Å². The Balaban J connectivity index is 2.81. The van der Waals surface area contributed by atoms with Crippen molar-refractivity contribution in [2.75, 3.05) is 0 Å². The molecule has 0 radical (unpaired) electrons. The first kappa shape index (κ1) is 9.81. The Morgan fingerprint density at radius 3 is 2.31 bits per heavy atom. The molecular formula is C10H9ClO2. The predicted octanol–water partition coefficient (Wildman–Crippen LogP) is 3.46. The average Bonchev–Trinajstić information content (AvgIpc) is 2.04. The molecule has 0 N–H and O–H groups in total. The van der Waals surface area contributed by atoms with Gasteiger partial charge in [-0.2, -0.15) is 0 Å². The molecule has 1 aromatic carbocycles. The zero-order valence-electron chi connectivity index (χ0n) is 7.21. The zero-order valence-corrected chi connectivity index (χ0v) is 7.97. The standard InChI is InChI=1S/C10H9ClO2/c1-7(2)8-3-5-9(6-4-8)13-10(11)12/h3-6H,1H2,2H3. The van der Waals surface area contributed by atoms with E-state index in [0.717, 1.165) is 11.1 Å². The Morgan fingerprint density at radius 1 is 1.38 bits per heavy atom. The Kier molecular flexibility index (Phi) is 3.09. The lowest BCUT2D eigenvalue weighted by molar-refractivity contribution is 0.225.